The molecule has 2 N–H and O–H groups in total. The fourth-order valence-corrected chi connectivity index (χ4v) is 7.05. The van der Waals surface area contributed by atoms with E-state index >= 15 is 4.39 Å². The quantitative estimate of drug-likeness (QED) is 0.149. The third-order valence-electron chi connectivity index (χ3n) is 7.63. The molecule has 0 aliphatic heterocycles. The van der Waals surface area contributed by atoms with Crippen molar-refractivity contribution in [1.82, 2.24) is 9.78 Å². The highest BCUT2D eigenvalue weighted by molar-refractivity contribution is 7.91. The van der Waals surface area contributed by atoms with Crippen LogP contribution in [0.25, 0.3) is 11.8 Å². The smallest absolute Gasteiger partial charge is 0.272 e. The Labute approximate surface area is 256 Å². The van der Waals surface area contributed by atoms with E-state index in [1.807, 2.05) is 0 Å². The molecule has 1 aromatic heterocycles. The molecule has 3 aromatic carbocycles. The van der Waals surface area contributed by atoms with Crippen molar-refractivity contribution in [3.05, 3.63) is 99.8 Å². The van der Waals surface area contributed by atoms with E-state index in [1.165, 1.54) is 36.5 Å². The summed E-state index contributed by atoms with van der Waals surface area (Å²) in [6, 6.07) is 11.3. The van der Waals surface area contributed by atoms with E-state index in [4.69, 9.17) is 15.2 Å². The van der Waals surface area contributed by atoms with E-state index in [0.717, 1.165) is 10.7 Å². The van der Waals surface area contributed by atoms with Gasteiger partial charge in [0.05, 0.1) is 22.8 Å². The molecule has 0 unspecified atom stereocenters. The number of rotatable bonds is 11. The van der Waals surface area contributed by atoms with Crippen molar-refractivity contribution in [1.29, 1.82) is 0 Å². The topological polar surface area (TPSA) is 114 Å². The van der Waals surface area contributed by atoms with Gasteiger partial charge in [-0.3, -0.25) is 4.79 Å². The minimum atomic E-state index is -3.48. The van der Waals surface area contributed by atoms with Gasteiger partial charge in [-0.1, -0.05) is 18.2 Å². The summed E-state index contributed by atoms with van der Waals surface area (Å²) in [6.07, 6.45) is 1.26. The molecule has 0 amide bonds. The zero-order valence-corrected chi connectivity index (χ0v) is 24.7. The number of hydrogen-bond donors (Lipinski definition) is 1. The number of ether oxygens (including phenoxy) is 2. The van der Waals surface area contributed by atoms with Crippen LogP contribution in [0.3, 0.4) is 0 Å². The first-order chi connectivity index (χ1) is 21.4. The maximum Gasteiger partial charge on any atom is 0.272 e. The molecule has 1 saturated carbocycles. The molecule has 2 aliphatic carbocycles. The molecule has 2 aliphatic rings. The van der Waals surface area contributed by atoms with E-state index in [-0.39, 0.29) is 52.1 Å². The second kappa shape index (κ2) is 11.7. The lowest BCUT2D eigenvalue weighted by Gasteiger charge is -2.14. The van der Waals surface area contributed by atoms with Crippen molar-refractivity contribution in [2.75, 3.05) is 12.3 Å². The van der Waals surface area contributed by atoms with Crippen LogP contribution in [0.1, 0.15) is 45.5 Å². The largest absolute Gasteiger partial charge is 0.487 e. The number of fused-ring (bicyclic) bond motifs is 1. The van der Waals surface area contributed by atoms with Gasteiger partial charge in [0, 0.05) is 23.6 Å². The van der Waals surface area contributed by atoms with Crippen LogP contribution in [-0.2, 0) is 22.0 Å². The van der Waals surface area contributed by atoms with Crippen LogP contribution in [0.2, 0.25) is 0 Å². The number of allylic oxidation sites excluding steroid dienone is 1. The maximum atomic E-state index is 15.3. The minimum Gasteiger partial charge on any atom is -0.487 e. The molecule has 4 aromatic rings. The molecule has 0 saturated heterocycles. The Balaban J connectivity index is 1.26. The predicted octanol–water partition coefficient (Wildman–Crippen LogP) is 6.38. The summed E-state index contributed by atoms with van der Waals surface area (Å²) in [6.45, 7) is 0.673. The normalized spacial score (nSPS) is 14.4. The second-order valence-corrected chi connectivity index (χ2v) is 13.3. The van der Waals surface area contributed by atoms with Gasteiger partial charge in [0.25, 0.3) is 6.43 Å². The number of hydrogen-bond acceptors (Lipinski definition) is 7. The Morgan fingerprint density at radius 3 is 2.53 bits per heavy atom. The Hall–Kier alpha value is -4.65. The van der Waals surface area contributed by atoms with Gasteiger partial charge in [-0.25, -0.2) is 30.7 Å². The molecule has 1 fully saturated rings. The van der Waals surface area contributed by atoms with Gasteiger partial charge in [0.15, 0.2) is 33.0 Å². The van der Waals surface area contributed by atoms with E-state index in [1.54, 1.807) is 25.1 Å². The van der Waals surface area contributed by atoms with Crippen molar-refractivity contribution in [2.24, 2.45) is 0 Å². The molecular formula is C32H27F4N3O5S. The van der Waals surface area contributed by atoms with Gasteiger partial charge in [0.1, 0.15) is 29.6 Å². The molecule has 13 heteroatoms. The Bertz CT molecular complexity index is 1950. The first-order valence-electron chi connectivity index (χ1n) is 14.0. The number of carbonyl (C=O) groups is 1. The van der Waals surface area contributed by atoms with Crippen molar-refractivity contribution in [2.45, 2.75) is 43.6 Å². The molecule has 0 bridgehead atoms. The average Bonchev–Trinajstić information content (AvgIpc) is 3.67. The summed E-state index contributed by atoms with van der Waals surface area (Å²) in [5.41, 5.74) is 8.32. The summed E-state index contributed by atoms with van der Waals surface area (Å²) in [5.74, 6) is -2.37. The number of aryl methyl sites for hydroxylation is 1. The molecule has 234 valence electrons. The van der Waals surface area contributed by atoms with E-state index in [2.05, 4.69) is 5.10 Å². The average molecular weight is 642 g/mol. The van der Waals surface area contributed by atoms with E-state index in [0.29, 0.717) is 35.1 Å². The van der Waals surface area contributed by atoms with Gasteiger partial charge in [0.2, 0.25) is 0 Å². The molecule has 0 spiro atoms. The summed E-state index contributed by atoms with van der Waals surface area (Å²) >= 11 is 0. The Morgan fingerprint density at radius 2 is 1.84 bits per heavy atom. The highest BCUT2D eigenvalue weighted by Crippen LogP contribution is 2.38. The molecular weight excluding hydrogens is 614 g/mol. The van der Waals surface area contributed by atoms with Crippen LogP contribution in [0, 0.1) is 18.6 Å². The number of nitrogen functional groups attached to an aromatic ring is 1. The van der Waals surface area contributed by atoms with Gasteiger partial charge >= 0.3 is 0 Å². The lowest BCUT2D eigenvalue weighted by atomic mass is 10.0. The minimum absolute atomic E-state index is 0.00486. The molecule has 0 atom stereocenters. The standard InChI is InChI=1S/C32H27F4N3O5S/c1-17-8-22(44-27-5-3-2-4-25(27)33)13-26(34)30(17)39-32(37)24(14-38-39)31(40)20-9-18-11-21(16-45(41,42)23-6-7-23)28(12-19(18)10-20)43-15-29(35)36/h2-5,8,10-14,23,29H,6-7,9,15-16,37H2,1H3. The summed E-state index contributed by atoms with van der Waals surface area (Å²) in [4.78, 5) is 13.6. The van der Waals surface area contributed by atoms with Crippen molar-refractivity contribution >= 4 is 27.5 Å². The fourth-order valence-electron chi connectivity index (χ4n) is 5.30. The highest BCUT2D eigenvalue weighted by Gasteiger charge is 2.36. The number of nitrogens with zero attached hydrogens (tertiary/aromatic N) is 2. The summed E-state index contributed by atoms with van der Waals surface area (Å²) in [5, 5.41) is 3.70. The Morgan fingerprint density at radius 1 is 1.09 bits per heavy atom. The van der Waals surface area contributed by atoms with Crippen LogP contribution >= 0.6 is 0 Å². The number of alkyl halides is 2. The lowest BCUT2D eigenvalue weighted by molar-refractivity contribution is 0.0815. The first-order valence-corrected chi connectivity index (χ1v) is 15.7. The maximum absolute atomic E-state index is 15.3. The van der Waals surface area contributed by atoms with Gasteiger partial charge < -0.3 is 15.2 Å². The number of ketones is 1. The van der Waals surface area contributed by atoms with E-state index < -0.39 is 45.5 Å². The van der Waals surface area contributed by atoms with Crippen molar-refractivity contribution < 1.29 is 40.2 Å². The van der Waals surface area contributed by atoms with Gasteiger partial charge in [-0.2, -0.15) is 5.10 Å². The number of benzene rings is 3. The van der Waals surface area contributed by atoms with Crippen LogP contribution in [0.5, 0.6) is 17.2 Å². The van der Waals surface area contributed by atoms with Crippen LogP contribution < -0.4 is 15.2 Å². The predicted molar refractivity (Wildman–Crippen MR) is 159 cm³/mol. The number of aromatic nitrogens is 2. The second-order valence-electron chi connectivity index (χ2n) is 11.0. The number of Topliss-reactive ketones (excluding diaryl/α,β-unsaturated/α-hetero) is 1. The van der Waals surface area contributed by atoms with Crippen LogP contribution in [-0.4, -0.2) is 42.3 Å². The first kappa shape index (κ1) is 30.4. The molecule has 45 heavy (non-hydrogen) atoms. The van der Waals surface area contributed by atoms with Crippen molar-refractivity contribution in [3.63, 3.8) is 0 Å². The number of nitrogens with two attached hydrogens (primary N) is 1. The number of anilines is 1. The number of para-hydroxylation sites is 1. The Kier molecular flexibility index (Phi) is 7.89. The zero-order valence-electron chi connectivity index (χ0n) is 23.9. The molecule has 1 heterocycles. The van der Waals surface area contributed by atoms with Gasteiger partial charge in [-0.05, 0) is 66.8 Å². The van der Waals surface area contributed by atoms with Gasteiger partial charge in [-0.15, -0.1) is 0 Å². The third-order valence-corrected chi connectivity index (χ3v) is 9.83. The molecule has 0 radical (unpaired) electrons. The van der Waals surface area contributed by atoms with Crippen molar-refractivity contribution in [3.8, 4) is 22.9 Å². The lowest BCUT2D eigenvalue weighted by Crippen LogP contribution is -2.13. The zero-order chi connectivity index (χ0) is 32.0. The molecule has 6 rings (SSSR count). The number of sulfone groups is 1. The van der Waals surface area contributed by atoms with E-state index in [9.17, 15) is 26.4 Å². The molecule has 8 nitrogen and oxygen atoms in total. The SMILES string of the molecule is Cc1cc(Oc2ccccc2F)cc(F)c1-n1ncc(C(=O)C2=Cc3cc(OCC(F)F)c(CS(=O)(=O)C4CC4)cc3C2)c1N. The summed E-state index contributed by atoms with van der Waals surface area (Å²) < 4.78 is 92.5. The number of halogens is 4. The number of carbonyl (C=O) groups excluding carboxylic acids is 1. The van der Waals surface area contributed by atoms with Crippen LogP contribution in [0.4, 0.5) is 23.4 Å². The van der Waals surface area contributed by atoms with Crippen LogP contribution in [0.15, 0.2) is 60.3 Å². The summed E-state index contributed by atoms with van der Waals surface area (Å²) in [7, 11) is -3.48. The monoisotopic (exact) mass is 641 g/mol. The fraction of sp³-hybridized carbons (Fsp3) is 0.250. The highest BCUT2D eigenvalue weighted by atomic mass is 32.2. The third kappa shape index (κ3) is 6.17.